The number of hydrogen-bond donors (Lipinski definition) is 2. The highest BCUT2D eigenvalue weighted by molar-refractivity contribution is 14.0. The number of guanidine groups is 1. The first-order chi connectivity index (χ1) is 9.06. The molecule has 0 heterocycles. The largest absolute Gasteiger partial charge is 0.466 e. The number of hydrogen-bond acceptors (Lipinski definition) is 3. The second kappa shape index (κ2) is 14.6. The number of carbonyl (C=O) groups is 1. The van der Waals surface area contributed by atoms with Gasteiger partial charge in [-0.1, -0.05) is 25.0 Å². The number of rotatable bonds is 10. The number of unbranched alkanes of at least 4 members (excludes halogenated alkanes) is 3. The molecular weight excluding hydrogens is 369 g/mol. The van der Waals surface area contributed by atoms with Gasteiger partial charge in [-0.25, -0.2) is 4.99 Å². The molecule has 0 aliphatic heterocycles. The van der Waals surface area contributed by atoms with Crippen LogP contribution in [-0.2, 0) is 9.53 Å². The lowest BCUT2D eigenvalue weighted by atomic mass is 10.1. The van der Waals surface area contributed by atoms with Crippen molar-refractivity contribution in [3.63, 3.8) is 0 Å². The molecule has 0 fully saturated rings. The number of aliphatic imine (C=N–C) groups is 1. The van der Waals surface area contributed by atoms with E-state index in [-0.39, 0.29) is 29.9 Å². The molecule has 0 aromatic heterocycles. The van der Waals surface area contributed by atoms with E-state index in [9.17, 15) is 4.79 Å². The van der Waals surface area contributed by atoms with Crippen LogP contribution in [0, 0.1) is 0 Å². The van der Waals surface area contributed by atoms with Gasteiger partial charge in [-0.3, -0.25) is 4.79 Å². The monoisotopic (exact) mass is 397 g/mol. The van der Waals surface area contributed by atoms with Gasteiger partial charge in [-0.15, -0.1) is 24.0 Å². The maximum absolute atomic E-state index is 11.1. The van der Waals surface area contributed by atoms with Crippen LogP contribution in [0.25, 0.3) is 0 Å². The van der Waals surface area contributed by atoms with E-state index >= 15 is 0 Å². The highest BCUT2D eigenvalue weighted by Crippen LogP contribution is 2.03. The topological polar surface area (TPSA) is 76.7 Å². The van der Waals surface area contributed by atoms with Gasteiger partial charge in [0, 0.05) is 13.0 Å². The lowest BCUT2D eigenvalue weighted by Gasteiger charge is -2.05. The number of esters is 1. The molecule has 0 radical (unpaired) electrons. The molecule has 0 rings (SSSR count). The van der Waals surface area contributed by atoms with E-state index in [1.54, 1.807) is 0 Å². The minimum atomic E-state index is -0.100. The fourth-order valence-electron chi connectivity index (χ4n) is 1.47. The summed E-state index contributed by atoms with van der Waals surface area (Å²) < 4.78 is 4.86. The van der Waals surface area contributed by atoms with E-state index in [4.69, 9.17) is 10.5 Å². The van der Waals surface area contributed by atoms with Crippen molar-refractivity contribution in [2.24, 2.45) is 10.7 Å². The zero-order valence-electron chi connectivity index (χ0n) is 12.6. The molecule has 0 aliphatic carbocycles. The zero-order chi connectivity index (χ0) is 14.5. The van der Waals surface area contributed by atoms with Gasteiger partial charge >= 0.3 is 5.97 Å². The fourth-order valence-corrected chi connectivity index (χ4v) is 1.47. The van der Waals surface area contributed by atoms with Crippen LogP contribution in [0.1, 0.15) is 46.0 Å². The minimum absolute atomic E-state index is 0. The maximum Gasteiger partial charge on any atom is 0.305 e. The first-order valence-corrected chi connectivity index (χ1v) is 6.90. The molecule has 5 nitrogen and oxygen atoms in total. The zero-order valence-corrected chi connectivity index (χ0v) is 14.9. The summed E-state index contributed by atoms with van der Waals surface area (Å²) in [6, 6.07) is 0. The highest BCUT2D eigenvalue weighted by atomic mass is 127. The van der Waals surface area contributed by atoms with Crippen molar-refractivity contribution in [3.8, 4) is 0 Å². The van der Waals surface area contributed by atoms with Gasteiger partial charge in [-0.05, 0) is 26.7 Å². The molecule has 118 valence electrons. The quantitative estimate of drug-likeness (QED) is 0.148. The third-order valence-electron chi connectivity index (χ3n) is 2.44. The normalized spacial score (nSPS) is 10.6. The average Bonchev–Trinajstić information content (AvgIpc) is 2.35. The summed E-state index contributed by atoms with van der Waals surface area (Å²) in [5.74, 6) is 0.367. The summed E-state index contributed by atoms with van der Waals surface area (Å²) in [6.45, 7) is 9.34. The van der Waals surface area contributed by atoms with Crippen LogP contribution in [-0.4, -0.2) is 31.6 Å². The molecular formula is C14H28IN3O2. The van der Waals surface area contributed by atoms with Crippen LogP contribution in [0.15, 0.2) is 17.1 Å². The molecule has 0 amide bonds. The number of halogens is 1. The molecule has 0 aromatic rings. The van der Waals surface area contributed by atoms with E-state index in [0.717, 1.165) is 37.8 Å². The summed E-state index contributed by atoms with van der Waals surface area (Å²) >= 11 is 0. The Balaban J connectivity index is 0. The SMILES string of the molecule is C=C(C)CN=C(N)NCCCCCCC(=O)OCC.I. The van der Waals surface area contributed by atoms with Gasteiger partial charge in [0.1, 0.15) is 0 Å². The Kier molecular flexibility index (Phi) is 15.7. The summed E-state index contributed by atoms with van der Waals surface area (Å²) in [6.07, 6.45) is 4.52. The lowest BCUT2D eigenvalue weighted by Crippen LogP contribution is -2.32. The van der Waals surface area contributed by atoms with Crippen LogP contribution in [0.4, 0.5) is 0 Å². The molecule has 0 unspecified atom stereocenters. The van der Waals surface area contributed by atoms with Crippen molar-refractivity contribution in [2.45, 2.75) is 46.0 Å². The number of carbonyl (C=O) groups excluding carboxylic acids is 1. The van der Waals surface area contributed by atoms with Crippen LogP contribution in [0.5, 0.6) is 0 Å². The molecule has 3 N–H and O–H groups in total. The molecule has 6 heteroatoms. The Labute approximate surface area is 139 Å². The van der Waals surface area contributed by atoms with Crippen molar-refractivity contribution in [1.29, 1.82) is 0 Å². The first-order valence-electron chi connectivity index (χ1n) is 6.90. The Morgan fingerprint density at radius 2 is 1.95 bits per heavy atom. The molecule has 20 heavy (non-hydrogen) atoms. The van der Waals surface area contributed by atoms with E-state index in [0.29, 0.717) is 25.5 Å². The van der Waals surface area contributed by atoms with Crippen molar-refractivity contribution in [1.82, 2.24) is 5.32 Å². The lowest BCUT2D eigenvalue weighted by molar-refractivity contribution is -0.143. The molecule has 0 bridgehead atoms. The minimum Gasteiger partial charge on any atom is -0.466 e. The van der Waals surface area contributed by atoms with Crippen molar-refractivity contribution in [2.75, 3.05) is 19.7 Å². The van der Waals surface area contributed by atoms with Crippen molar-refractivity contribution in [3.05, 3.63) is 12.2 Å². The Bertz CT molecular complexity index is 307. The molecule has 0 aliphatic rings. The van der Waals surface area contributed by atoms with E-state index in [2.05, 4.69) is 16.9 Å². The average molecular weight is 397 g/mol. The van der Waals surface area contributed by atoms with Gasteiger partial charge in [0.2, 0.25) is 0 Å². The van der Waals surface area contributed by atoms with Crippen LogP contribution >= 0.6 is 24.0 Å². The van der Waals surface area contributed by atoms with Crippen molar-refractivity contribution < 1.29 is 9.53 Å². The number of nitrogens with two attached hydrogens (primary N) is 1. The third-order valence-corrected chi connectivity index (χ3v) is 2.44. The highest BCUT2D eigenvalue weighted by Gasteiger charge is 2.00. The predicted molar refractivity (Wildman–Crippen MR) is 94.4 cm³/mol. The van der Waals surface area contributed by atoms with Gasteiger partial charge in [0.15, 0.2) is 5.96 Å². The van der Waals surface area contributed by atoms with Gasteiger partial charge in [0.25, 0.3) is 0 Å². The van der Waals surface area contributed by atoms with E-state index < -0.39 is 0 Å². The summed E-state index contributed by atoms with van der Waals surface area (Å²) in [4.78, 5) is 15.2. The number of nitrogens with zero attached hydrogens (tertiary/aromatic N) is 1. The predicted octanol–water partition coefficient (Wildman–Crippen LogP) is 2.60. The molecule has 0 atom stereocenters. The second-order valence-electron chi connectivity index (χ2n) is 4.55. The Hall–Kier alpha value is -0.790. The smallest absolute Gasteiger partial charge is 0.305 e. The fraction of sp³-hybridized carbons (Fsp3) is 0.714. The summed E-state index contributed by atoms with van der Waals surface area (Å²) in [5, 5.41) is 3.05. The number of ether oxygens (including phenoxy) is 1. The molecule has 0 saturated carbocycles. The van der Waals surface area contributed by atoms with Crippen molar-refractivity contribution >= 4 is 35.9 Å². The van der Waals surface area contributed by atoms with Crippen LogP contribution < -0.4 is 11.1 Å². The molecule has 0 aromatic carbocycles. The van der Waals surface area contributed by atoms with E-state index in [1.165, 1.54) is 0 Å². The van der Waals surface area contributed by atoms with Gasteiger partial charge in [0.05, 0.1) is 13.2 Å². The summed E-state index contributed by atoms with van der Waals surface area (Å²) in [5.41, 5.74) is 6.66. The second-order valence-corrected chi connectivity index (χ2v) is 4.55. The van der Waals surface area contributed by atoms with Crippen LogP contribution in [0.2, 0.25) is 0 Å². The third kappa shape index (κ3) is 15.3. The summed E-state index contributed by atoms with van der Waals surface area (Å²) in [7, 11) is 0. The van der Waals surface area contributed by atoms with Gasteiger partial charge < -0.3 is 15.8 Å². The Morgan fingerprint density at radius 1 is 1.30 bits per heavy atom. The molecule has 0 saturated heterocycles. The van der Waals surface area contributed by atoms with Crippen LogP contribution in [0.3, 0.4) is 0 Å². The number of nitrogens with one attached hydrogen (secondary N) is 1. The molecule has 0 spiro atoms. The van der Waals surface area contributed by atoms with Gasteiger partial charge in [-0.2, -0.15) is 0 Å². The Morgan fingerprint density at radius 3 is 2.55 bits per heavy atom. The maximum atomic E-state index is 11.1. The first kappa shape index (κ1) is 21.5. The standard InChI is InChI=1S/C14H27N3O2.HI/c1-4-19-13(18)9-7-5-6-8-10-16-14(15)17-11-12(2)3;/h2,4-11H2,1,3H3,(H3,15,16,17);1H. The van der Waals surface area contributed by atoms with E-state index in [1.807, 2.05) is 13.8 Å².